The van der Waals surface area contributed by atoms with Gasteiger partial charge in [0.15, 0.2) is 5.65 Å². The van der Waals surface area contributed by atoms with Crippen LogP contribution in [0.4, 0.5) is 0 Å². The van der Waals surface area contributed by atoms with Gasteiger partial charge < -0.3 is 0 Å². The molecular formula is C9H12BrN3. The minimum Gasteiger partial charge on any atom is -0.236 e. The number of nitrogens with zero attached hydrogens (tertiary/aromatic N) is 3. The Balaban J connectivity index is 0.000000396. The maximum Gasteiger partial charge on any atom is 0.157 e. The van der Waals surface area contributed by atoms with Gasteiger partial charge in [0.1, 0.15) is 0 Å². The van der Waals surface area contributed by atoms with E-state index in [0.29, 0.717) is 0 Å². The van der Waals surface area contributed by atoms with Crippen molar-refractivity contribution in [3.05, 3.63) is 28.6 Å². The summed E-state index contributed by atoms with van der Waals surface area (Å²) in [6, 6.07) is 0. The zero-order valence-corrected chi connectivity index (χ0v) is 9.54. The predicted molar refractivity (Wildman–Crippen MR) is 56.8 cm³/mol. The highest BCUT2D eigenvalue weighted by molar-refractivity contribution is 9.10. The molecule has 2 rings (SSSR count). The fourth-order valence-corrected chi connectivity index (χ4v) is 1.27. The van der Waals surface area contributed by atoms with Crippen molar-refractivity contribution < 1.29 is 0 Å². The van der Waals surface area contributed by atoms with Gasteiger partial charge in [-0.05, 0) is 22.9 Å². The number of aryl methyl sites for hydroxylation is 1. The highest BCUT2D eigenvalue weighted by Crippen LogP contribution is 2.10. The summed E-state index contributed by atoms with van der Waals surface area (Å²) < 4.78 is 2.69. The molecule has 13 heavy (non-hydrogen) atoms. The van der Waals surface area contributed by atoms with Crippen molar-refractivity contribution in [3.63, 3.8) is 0 Å². The van der Waals surface area contributed by atoms with E-state index in [1.165, 1.54) is 0 Å². The zero-order chi connectivity index (χ0) is 9.84. The van der Waals surface area contributed by atoms with Gasteiger partial charge in [-0.15, -0.1) is 0 Å². The third-order valence-corrected chi connectivity index (χ3v) is 1.91. The van der Waals surface area contributed by atoms with Crippen LogP contribution in [-0.4, -0.2) is 14.6 Å². The van der Waals surface area contributed by atoms with Gasteiger partial charge in [0.25, 0.3) is 0 Å². The van der Waals surface area contributed by atoms with E-state index in [4.69, 9.17) is 0 Å². The molecule has 4 heteroatoms. The number of aromatic nitrogens is 3. The van der Waals surface area contributed by atoms with Crippen LogP contribution in [0.15, 0.2) is 23.1 Å². The van der Waals surface area contributed by atoms with E-state index in [9.17, 15) is 0 Å². The second-order valence-corrected chi connectivity index (χ2v) is 3.28. The van der Waals surface area contributed by atoms with E-state index in [1.54, 1.807) is 16.9 Å². The largest absolute Gasteiger partial charge is 0.236 e. The first-order valence-corrected chi connectivity index (χ1v) is 5.02. The molecule has 3 nitrogen and oxygen atoms in total. The first-order valence-electron chi connectivity index (χ1n) is 4.23. The normalized spacial score (nSPS) is 9.54. The maximum absolute atomic E-state index is 4.19. The Morgan fingerprint density at radius 2 is 2.00 bits per heavy atom. The van der Waals surface area contributed by atoms with Gasteiger partial charge >= 0.3 is 0 Å². The highest BCUT2D eigenvalue weighted by atomic mass is 79.9. The molecule has 0 aromatic carbocycles. The number of fused-ring (bicyclic) bond motifs is 1. The lowest BCUT2D eigenvalue weighted by atomic mass is 10.4. The zero-order valence-electron chi connectivity index (χ0n) is 7.95. The van der Waals surface area contributed by atoms with E-state index in [-0.39, 0.29) is 0 Å². The molecule has 0 spiro atoms. The van der Waals surface area contributed by atoms with E-state index >= 15 is 0 Å². The van der Waals surface area contributed by atoms with Crippen molar-refractivity contribution in [2.24, 2.45) is 0 Å². The summed E-state index contributed by atoms with van der Waals surface area (Å²) in [5.41, 5.74) is 2.01. The fourth-order valence-electron chi connectivity index (χ4n) is 0.970. The molecule has 0 aliphatic rings. The van der Waals surface area contributed by atoms with Gasteiger partial charge in [-0.3, -0.25) is 0 Å². The number of rotatable bonds is 0. The van der Waals surface area contributed by atoms with Crippen molar-refractivity contribution >= 4 is 21.6 Å². The molecule has 0 aliphatic carbocycles. The van der Waals surface area contributed by atoms with Gasteiger partial charge in [-0.1, -0.05) is 13.8 Å². The summed E-state index contributed by atoms with van der Waals surface area (Å²) in [4.78, 5) is 4.19. The molecule has 0 saturated heterocycles. The molecule has 2 aromatic rings. The third kappa shape index (κ3) is 2.06. The molecule has 0 bridgehead atoms. The van der Waals surface area contributed by atoms with Crippen molar-refractivity contribution in [1.29, 1.82) is 0 Å². The Bertz CT molecular complexity index is 395. The Morgan fingerprint density at radius 1 is 1.31 bits per heavy atom. The third-order valence-electron chi connectivity index (χ3n) is 1.50. The lowest BCUT2D eigenvalue weighted by molar-refractivity contribution is 0.933. The topological polar surface area (TPSA) is 30.2 Å². The van der Waals surface area contributed by atoms with Gasteiger partial charge in [0, 0.05) is 18.0 Å². The second kappa shape index (κ2) is 4.37. The summed E-state index contributed by atoms with van der Waals surface area (Å²) in [5.74, 6) is 0. The van der Waals surface area contributed by atoms with Gasteiger partial charge in [0.05, 0.1) is 10.7 Å². The van der Waals surface area contributed by atoms with Crippen LogP contribution >= 0.6 is 15.9 Å². The standard InChI is InChI=1S/C7H6BrN3.C2H6/c1-5-2-10-11-4-6(8)3-9-7(5)11;1-2/h2-4H,1H3;1-2H3. The minimum atomic E-state index is 0.910. The van der Waals surface area contributed by atoms with Crippen LogP contribution in [0.2, 0.25) is 0 Å². The average molecular weight is 242 g/mol. The highest BCUT2D eigenvalue weighted by Gasteiger charge is 1.99. The Hall–Kier alpha value is -0.900. The number of hydrogen-bond acceptors (Lipinski definition) is 2. The Kier molecular flexibility index (Phi) is 3.42. The van der Waals surface area contributed by atoms with Crippen molar-refractivity contribution in [2.75, 3.05) is 0 Å². The van der Waals surface area contributed by atoms with Crippen LogP contribution in [0.1, 0.15) is 19.4 Å². The number of hydrogen-bond donors (Lipinski definition) is 0. The van der Waals surface area contributed by atoms with Crippen molar-refractivity contribution in [2.45, 2.75) is 20.8 Å². The van der Waals surface area contributed by atoms with Crippen molar-refractivity contribution in [1.82, 2.24) is 14.6 Å². The van der Waals surface area contributed by atoms with Crippen LogP contribution < -0.4 is 0 Å². The molecule has 0 atom stereocenters. The van der Waals surface area contributed by atoms with Crippen LogP contribution in [0, 0.1) is 6.92 Å². The summed E-state index contributed by atoms with van der Waals surface area (Å²) in [7, 11) is 0. The Labute approximate surface area is 85.9 Å². The molecule has 2 heterocycles. The molecule has 0 N–H and O–H groups in total. The van der Waals surface area contributed by atoms with Gasteiger partial charge in [-0.25, -0.2) is 9.50 Å². The van der Waals surface area contributed by atoms with Gasteiger partial charge in [0.2, 0.25) is 0 Å². The summed E-state index contributed by atoms with van der Waals surface area (Å²) in [6.45, 7) is 5.99. The fraction of sp³-hybridized carbons (Fsp3) is 0.333. The summed E-state index contributed by atoms with van der Waals surface area (Å²) in [6.07, 6.45) is 5.45. The molecule has 0 aliphatic heterocycles. The minimum absolute atomic E-state index is 0.910. The molecule has 0 saturated carbocycles. The quantitative estimate of drug-likeness (QED) is 0.711. The first-order chi connectivity index (χ1) is 6.27. The van der Waals surface area contributed by atoms with E-state index in [0.717, 1.165) is 15.7 Å². The number of halogens is 1. The molecule has 0 amide bonds. The molecule has 0 radical (unpaired) electrons. The molecule has 0 unspecified atom stereocenters. The second-order valence-electron chi connectivity index (χ2n) is 2.37. The van der Waals surface area contributed by atoms with Crippen LogP contribution in [0.3, 0.4) is 0 Å². The van der Waals surface area contributed by atoms with Crippen LogP contribution in [-0.2, 0) is 0 Å². The van der Waals surface area contributed by atoms with E-state index in [2.05, 4.69) is 26.0 Å². The summed E-state index contributed by atoms with van der Waals surface area (Å²) >= 11 is 3.32. The molecule has 0 fully saturated rings. The Morgan fingerprint density at radius 3 is 2.69 bits per heavy atom. The molecule has 70 valence electrons. The summed E-state index contributed by atoms with van der Waals surface area (Å²) in [5, 5.41) is 4.10. The lowest BCUT2D eigenvalue weighted by Gasteiger charge is -1.92. The first kappa shape index (κ1) is 10.2. The van der Waals surface area contributed by atoms with Gasteiger partial charge in [-0.2, -0.15) is 5.10 Å². The molecular weight excluding hydrogens is 230 g/mol. The van der Waals surface area contributed by atoms with E-state index < -0.39 is 0 Å². The SMILES string of the molecule is CC.Cc1cnn2cc(Br)cnc12. The smallest absolute Gasteiger partial charge is 0.157 e. The lowest BCUT2D eigenvalue weighted by Crippen LogP contribution is -1.88. The van der Waals surface area contributed by atoms with Crippen LogP contribution in [0.25, 0.3) is 5.65 Å². The van der Waals surface area contributed by atoms with E-state index in [1.807, 2.05) is 27.0 Å². The molecule has 2 aromatic heterocycles. The average Bonchev–Trinajstić information content (AvgIpc) is 2.51. The van der Waals surface area contributed by atoms with Crippen molar-refractivity contribution in [3.8, 4) is 0 Å². The monoisotopic (exact) mass is 241 g/mol. The van der Waals surface area contributed by atoms with Crippen LogP contribution in [0.5, 0.6) is 0 Å². The maximum atomic E-state index is 4.19. The predicted octanol–water partition coefficient (Wildman–Crippen LogP) is 2.83.